The normalized spacial score (nSPS) is 11.4. The largest absolute Gasteiger partial charge is 0.478 e. The zero-order valence-electron chi connectivity index (χ0n) is 18.6. The summed E-state index contributed by atoms with van der Waals surface area (Å²) < 4.78 is 5.92. The van der Waals surface area contributed by atoms with Gasteiger partial charge in [-0.3, -0.25) is 4.79 Å². The van der Waals surface area contributed by atoms with E-state index in [1.807, 2.05) is 47.1 Å². The number of likely N-dealkylation sites (N-methyl/N-ethyl adjacent to an activating group) is 2. The van der Waals surface area contributed by atoms with Crippen molar-refractivity contribution in [2.45, 2.75) is 60.0 Å². The molecule has 4 nitrogen and oxygen atoms in total. The van der Waals surface area contributed by atoms with E-state index in [0.717, 1.165) is 18.2 Å². The lowest BCUT2D eigenvalue weighted by molar-refractivity contribution is -0.144. The molecule has 1 aromatic rings. The van der Waals surface area contributed by atoms with Crippen LogP contribution in [0.3, 0.4) is 0 Å². The number of hydrogen-bond donors (Lipinski definition) is 0. The van der Waals surface area contributed by atoms with Crippen molar-refractivity contribution < 1.29 is 9.53 Å². The molecule has 0 aliphatic rings. The van der Waals surface area contributed by atoms with Crippen molar-refractivity contribution >= 4 is 5.91 Å². The van der Waals surface area contributed by atoms with Crippen LogP contribution in [0.15, 0.2) is 24.3 Å². The Bertz CT molecular complexity index is 517. The molecule has 0 atom stereocenters. The molecule has 1 amide bonds. The molecule has 0 unspecified atom stereocenters. The number of nitrogens with zero attached hydrogens (tertiary/aromatic N) is 2. The van der Waals surface area contributed by atoms with Crippen LogP contribution in [0.1, 0.15) is 59.9 Å². The van der Waals surface area contributed by atoms with E-state index in [2.05, 4.69) is 51.7 Å². The minimum atomic E-state index is -0.875. The molecule has 0 radical (unpaired) electrons. The zero-order valence-corrected chi connectivity index (χ0v) is 18.6. The highest BCUT2D eigenvalue weighted by molar-refractivity contribution is 5.84. The SMILES string of the molecule is CC(C)C.CC(C)c1ccc(OC(C)(C)C(=O)N(C)CCN(C)C)cc1. The van der Waals surface area contributed by atoms with E-state index in [1.165, 1.54) is 5.56 Å². The lowest BCUT2D eigenvalue weighted by Crippen LogP contribution is -2.48. The summed E-state index contributed by atoms with van der Waals surface area (Å²) in [5.41, 5.74) is 0.389. The van der Waals surface area contributed by atoms with Crippen LogP contribution in [-0.4, -0.2) is 55.5 Å². The zero-order chi connectivity index (χ0) is 20.5. The van der Waals surface area contributed by atoms with Crippen LogP contribution < -0.4 is 4.74 Å². The van der Waals surface area contributed by atoms with Gasteiger partial charge < -0.3 is 14.5 Å². The predicted molar refractivity (Wildman–Crippen MR) is 112 cm³/mol. The summed E-state index contributed by atoms with van der Waals surface area (Å²) in [5, 5.41) is 0. The second-order valence-corrected chi connectivity index (χ2v) is 8.60. The molecule has 1 aromatic carbocycles. The number of amides is 1. The van der Waals surface area contributed by atoms with Gasteiger partial charge in [-0.25, -0.2) is 0 Å². The minimum absolute atomic E-state index is 0.0118. The van der Waals surface area contributed by atoms with Crippen LogP contribution in [0.5, 0.6) is 5.75 Å². The van der Waals surface area contributed by atoms with Gasteiger partial charge in [-0.15, -0.1) is 0 Å². The molecule has 0 bridgehead atoms. The maximum atomic E-state index is 12.5. The smallest absolute Gasteiger partial charge is 0.265 e. The highest BCUT2D eigenvalue weighted by atomic mass is 16.5. The van der Waals surface area contributed by atoms with E-state index in [0.29, 0.717) is 12.5 Å². The molecule has 0 N–H and O–H groups in total. The van der Waals surface area contributed by atoms with Gasteiger partial charge in [0.2, 0.25) is 0 Å². The lowest BCUT2D eigenvalue weighted by atomic mass is 10.0. The molecule has 0 fully saturated rings. The average Bonchev–Trinajstić information content (AvgIpc) is 2.51. The number of carbonyl (C=O) groups excluding carboxylic acids is 1. The quantitative estimate of drug-likeness (QED) is 0.706. The van der Waals surface area contributed by atoms with E-state index in [9.17, 15) is 4.79 Å². The number of hydrogen-bond acceptors (Lipinski definition) is 3. The summed E-state index contributed by atoms with van der Waals surface area (Å²) in [6, 6.07) is 7.97. The maximum absolute atomic E-state index is 12.5. The Morgan fingerprint density at radius 1 is 0.962 bits per heavy atom. The standard InChI is InChI=1S/C18H30N2O2.C4H10/c1-14(2)15-8-10-16(11-9-15)22-18(3,4)17(21)20(7)13-12-19(5)6;1-4(2)3/h8-11,14H,12-13H2,1-7H3;4H,1-3H3. The first-order valence-corrected chi connectivity index (χ1v) is 9.56. The Hall–Kier alpha value is -1.55. The van der Waals surface area contributed by atoms with E-state index in [4.69, 9.17) is 4.74 Å². The predicted octanol–water partition coefficient (Wildman–Crippen LogP) is 4.65. The molecule has 26 heavy (non-hydrogen) atoms. The summed E-state index contributed by atoms with van der Waals surface area (Å²) >= 11 is 0. The van der Waals surface area contributed by atoms with Crippen LogP contribution in [0.4, 0.5) is 0 Å². The molecule has 1 rings (SSSR count). The van der Waals surface area contributed by atoms with Gasteiger partial charge in [-0.1, -0.05) is 46.8 Å². The molecule has 0 aliphatic carbocycles. The third-order valence-electron chi connectivity index (χ3n) is 3.66. The van der Waals surface area contributed by atoms with E-state index >= 15 is 0 Å². The van der Waals surface area contributed by atoms with Crippen LogP contribution in [-0.2, 0) is 4.79 Å². The number of benzene rings is 1. The third kappa shape index (κ3) is 9.81. The molecule has 0 aliphatic heterocycles. The maximum Gasteiger partial charge on any atom is 0.265 e. The first-order chi connectivity index (χ1) is 11.9. The van der Waals surface area contributed by atoms with Crippen LogP contribution in [0.2, 0.25) is 0 Å². The fraction of sp³-hybridized carbons (Fsp3) is 0.682. The molecular weight excluding hydrogens is 324 g/mol. The van der Waals surface area contributed by atoms with Crippen LogP contribution in [0.25, 0.3) is 0 Å². The molecule has 4 heteroatoms. The van der Waals surface area contributed by atoms with Gasteiger partial charge in [0, 0.05) is 20.1 Å². The first-order valence-electron chi connectivity index (χ1n) is 9.56. The van der Waals surface area contributed by atoms with Gasteiger partial charge in [0.05, 0.1) is 0 Å². The Morgan fingerprint density at radius 3 is 1.81 bits per heavy atom. The van der Waals surface area contributed by atoms with E-state index < -0.39 is 5.60 Å². The Labute approximate surface area is 161 Å². The van der Waals surface area contributed by atoms with Gasteiger partial charge in [-0.2, -0.15) is 0 Å². The van der Waals surface area contributed by atoms with Crippen molar-refractivity contribution in [3.8, 4) is 5.75 Å². The van der Waals surface area contributed by atoms with E-state index in [1.54, 1.807) is 4.90 Å². The fourth-order valence-electron chi connectivity index (χ4n) is 2.17. The summed E-state index contributed by atoms with van der Waals surface area (Å²) in [7, 11) is 5.81. The highest BCUT2D eigenvalue weighted by Gasteiger charge is 2.32. The minimum Gasteiger partial charge on any atom is -0.478 e. The Morgan fingerprint density at radius 2 is 1.42 bits per heavy atom. The summed E-state index contributed by atoms with van der Waals surface area (Å²) in [4.78, 5) is 16.3. The van der Waals surface area contributed by atoms with Crippen molar-refractivity contribution in [3.63, 3.8) is 0 Å². The Kier molecular flexibility index (Phi) is 10.6. The van der Waals surface area contributed by atoms with Crippen molar-refractivity contribution in [2.24, 2.45) is 5.92 Å². The van der Waals surface area contributed by atoms with Crippen LogP contribution >= 0.6 is 0 Å². The average molecular weight is 365 g/mol. The second kappa shape index (κ2) is 11.2. The van der Waals surface area contributed by atoms with Gasteiger partial charge in [0.1, 0.15) is 5.75 Å². The Balaban J connectivity index is 0.00000141. The summed E-state index contributed by atoms with van der Waals surface area (Å²) in [6.45, 7) is 16.0. The van der Waals surface area contributed by atoms with Gasteiger partial charge in [-0.05, 0) is 57.5 Å². The molecule has 0 saturated carbocycles. The molecule has 0 saturated heterocycles. The van der Waals surface area contributed by atoms with Gasteiger partial charge in [0.25, 0.3) is 5.91 Å². The monoisotopic (exact) mass is 364 g/mol. The number of rotatable bonds is 7. The topological polar surface area (TPSA) is 32.8 Å². The van der Waals surface area contributed by atoms with Gasteiger partial charge >= 0.3 is 0 Å². The highest BCUT2D eigenvalue weighted by Crippen LogP contribution is 2.23. The number of carbonyl (C=O) groups is 1. The van der Waals surface area contributed by atoms with Gasteiger partial charge in [0.15, 0.2) is 5.60 Å². The van der Waals surface area contributed by atoms with Crippen LogP contribution in [0, 0.1) is 5.92 Å². The van der Waals surface area contributed by atoms with E-state index in [-0.39, 0.29) is 5.91 Å². The molecule has 0 heterocycles. The summed E-state index contributed by atoms with van der Waals surface area (Å²) in [6.07, 6.45) is 0. The molecule has 0 spiro atoms. The van der Waals surface area contributed by atoms with Crippen molar-refractivity contribution in [1.29, 1.82) is 0 Å². The summed E-state index contributed by atoms with van der Waals surface area (Å²) in [5.74, 6) is 2.03. The number of ether oxygens (including phenoxy) is 1. The molecular formula is C22H40N2O2. The third-order valence-corrected chi connectivity index (χ3v) is 3.66. The lowest BCUT2D eigenvalue weighted by Gasteiger charge is -2.30. The molecule has 150 valence electrons. The van der Waals surface area contributed by atoms with Crippen molar-refractivity contribution in [3.05, 3.63) is 29.8 Å². The first kappa shape index (κ1) is 24.5. The second-order valence-electron chi connectivity index (χ2n) is 8.60. The van der Waals surface area contributed by atoms with Crippen molar-refractivity contribution in [2.75, 3.05) is 34.2 Å². The van der Waals surface area contributed by atoms with Crippen molar-refractivity contribution in [1.82, 2.24) is 9.80 Å². The fourth-order valence-corrected chi connectivity index (χ4v) is 2.17. The molecule has 0 aromatic heterocycles.